The number of pyridine rings is 1. The van der Waals surface area contributed by atoms with Gasteiger partial charge in [0.25, 0.3) is 0 Å². The van der Waals surface area contributed by atoms with Gasteiger partial charge in [-0.05, 0) is 66.1 Å². The molecule has 1 aromatic heterocycles. The highest BCUT2D eigenvalue weighted by Gasteiger charge is 2.28. The first-order chi connectivity index (χ1) is 14.8. The van der Waals surface area contributed by atoms with Gasteiger partial charge in [0, 0.05) is 39.1 Å². The molecule has 2 N–H and O–H groups in total. The lowest BCUT2D eigenvalue weighted by molar-refractivity contribution is 0.0697. The van der Waals surface area contributed by atoms with Crippen LogP contribution in [0.25, 0.3) is 11.1 Å². The van der Waals surface area contributed by atoms with E-state index in [1.807, 2.05) is 0 Å². The van der Waals surface area contributed by atoms with Crippen LogP contribution in [0.1, 0.15) is 33.1 Å². The Hall–Kier alpha value is -3.38. The molecule has 0 fully saturated rings. The van der Waals surface area contributed by atoms with Crippen molar-refractivity contribution in [3.05, 3.63) is 77.1 Å². The Labute approximate surface area is 183 Å². The van der Waals surface area contributed by atoms with E-state index >= 15 is 0 Å². The van der Waals surface area contributed by atoms with Crippen LogP contribution in [0.5, 0.6) is 0 Å². The summed E-state index contributed by atoms with van der Waals surface area (Å²) in [5.41, 5.74) is 8.31. The number of carboxylic acid groups (broad SMARTS) is 1. The SMILES string of the molecule is Cc1cc(N(C)C)ccc1-c1ccc2c(c1)CN(C)[C@@H]2CNc1cnccc1C(=O)O. The monoisotopic (exact) mass is 416 g/mol. The lowest BCUT2D eigenvalue weighted by Gasteiger charge is -2.22. The molecular weight excluding hydrogens is 388 g/mol. The standard InChI is InChI=1S/C25H28N4O2/c1-16-11-19(28(2)3)6-8-20(16)17-5-7-21-18(12-17)15-29(4)24(21)14-27-23-13-26-10-9-22(23)25(30)31/h5-13,24,27H,14-15H2,1-4H3,(H,30,31)/t24-/m1/s1. The summed E-state index contributed by atoms with van der Waals surface area (Å²) in [7, 11) is 6.21. The van der Waals surface area contributed by atoms with Gasteiger partial charge in [0.15, 0.2) is 0 Å². The second-order valence-electron chi connectivity index (χ2n) is 8.35. The topological polar surface area (TPSA) is 68.7 Å². The summed E-state index contributed by atoms with van der Waals surface area (Å²) in [6.45, 7) is 3.64. The zero-order valence-corrected chi connectivity index (χ0v) is 18.4. The number of hydrogen-bond acceptors (Lipinski definition) is 5. The number of fused-ring (bicyclic) bond motifs is 1. The van der Waals surface area contributed by atoms with Crippen LogP contribution in [0.2, 0.25) is 0 Å². The van der Waals surface area contributed by atoms with Gasteiger partial charge in [-0.2, -0.15) is 0 Å². The molecule has 6 nitrogen and oxygen atoms in total. The third-order valence-corrected chi connectivity index (χ3v) is 6.03. The van der Waals surface area contributed by atoms with Crippen molar-refractivity contribution in [2.45, 2.75) is 19.5 Å². The van der Waals surface area contributed by atoms with Gasteiger partial charge in [-0.3, -0.25) is 9.88 Å². The Morgan fingerprint density at radius 2 is 2.03 bits per heavy atom. The van der Waals surface area contributed by atoms with Crippen LogP contribution in [0.15, 0.2) is 54.9 Å². The largest absolute Gasteiger partial charge is 0.478 e. The molecule has 160 valence electrons. The predicted octanol–water partition coefficient (Wildman–Crippen LogP) is 4.42. The van der Waals surface area contributed by atoms with Gasteiger partial charge in [0.05, 0.1) is 23.5 Å². The second kappa shape index (κ2) is 8.40. The molecule has 0 aliphatic carbocycles. The minimum atomic E-state index is -0.953. The molecule has 2 aromatic carbocycles. The predicted molar refractivity (Wildman–Crippen MR) is 125 cm³/mol. The number of rotatable bonds is 6. The number of likely N-dealkylation sites (N-methyl/N-ethyl adjacent to an activating group) is 1. The minimum absolute atomic E-state index is 0.170. The molecule has 6 heteroatoms. The van der Waals surface area contributed by atoms with Crippen molar-refractivity contribution in [3.8, 4) is 11.1 Å². The van der Waals surface area contributed by atoms with Crippen LogP contribution in [-0.4, -0.2) is 48.6 Å². The number of aromatic carboxylic acids is 1. The lowest BCUT2D eigenvalue weighted by Crippen LogP contribution is -2.24. The first-order valence-electron chi connectivity index (χ1n) is 10.4. The fraction of sp³-hybridized carbons (Fsp3) is 0.280. The van der Waals surface area contributed by atoms with E-state index < -0.39 is 5.97 Å². The maximum absolute atomic E-state index is 11.5. The summed E-state index contributed by atoms with van der Waals surface area (Å²) in [5, 5.41) is 12.7. The molecule has 2 heterocycles. The molecule has 31 heavy (non-hydrogen) atoms. The number of aromatic nitrogens is 1. The molecule has 1 aliphatic rings. The second-order valence-corrected chi connectivity index (χ2v) is 8.35. The first kappa shape index (κ1) is 20.9. The van der Waals surface area contributed by atoms with E-state index in [-0.39, 0.29) is 11.6 Å². The van der Waals surface area contributed by atoms with Crippen LogP contribution in [0.4, 0.5) is 11.4 Å². The highest BCUT2D eigenvalue weighted by Crippen LogP contribution is 2.36. The average molecular weight is 417 g/mol. The van der Waals surface area contributed by atoms with Crippen LogP contribution in [0.3, 0.4) is 0 Å². The number of benzene rings is 2. The van der Waals surface area contributed by atoms with Crippen molar-refractivity contribution in [1.82, 2.24) is 9.88 Å². The van der Waals surface area contributed by atoms with Crippen molar-refractivity contribution in [2.24, 2.45) is 0 Å². The van der Waals surface area contributed by atoms with Crippen molar-refractivity contribution in [1.29, 1.82) is 0 Å². The van der Waals surface area contributed by atoms with Crippen LogP contribution >= 0.6 is 0 Å². The molecule has 0 saturated carbocycles. The van der Waals surface area contributed by atoms with E-state index in [0.29, 0.717) is 12.2 Å². The van der Waals surface area contributed by atoms with Crippen LogP contribution in [-0.2, 0) is 6.54 Å². The number of hydrogen-bond donors (Lipinski definition) is 2. The fourth-order valence-corrected chi connectivity index (χ4v) is 4.30. The van der Waals surface area contributed by atoms with Crippen LogP contribution in [0, 0.1) is 6.92 Å². The van der Waals surface area contributed by atoms with Crippen molar-refractivity contribution in [3.63, 3.8) is 0 Å². The number of nitrogens with one attached hydrogen (secondary N) is 1. The summed E-state index contributed by atoms with van der Waals surface area (Å²) in [5.74, 6) is -0.953. The minimum Gasteiger partial charge on any atom is -0.478 e. The third-order valence-electron chi connectivity index (χ3n) is 6.03. The molecular formula is C25H28N4O2. The number of carboxylic acids is 1. The zero-order chi connectivity index (χ0) is 22.1. The van der Waals surface area contributed by atoms with Gasteiger partial charge in [-0.15, -0.1) is 0 Å². The first-order valence-corrected chi connectivity index (χ1v) is 10.4. The van der Waals surface area contributed by atoms with Gasteiger partial charge in [0.1, 0.15) is 0 Å². The third kappa shape index (κ3) is 4.11. The summed E-state index contributed by atoms with van der Waals surface area (Å²) >= 11 is 0. The zero-order valence-electron chi connectivity index (χ0n) is 18.4. The lowest BCUT2D eigenvalue weighted by atomic mass is 9.95. The fourth-order valence-electron chi connectivity index (χ4n) is 4.30. The highest BCUT2D eigenvalue weighted by molar-refractivity contribution is 5.93. The Morgan fingerprint density at radius 3 is 2.74 bits per heavy atom. The Bertz CT molecular complexity index is 1130. The summed E-state index contributed by atoms with van der Waals surface area (Å²) in [6, 6.07) is 14.9. The summed E-state index contributed by atoms with van der Waals surface area (Å²) in [6.07, 6.45) is 3.07. The number of aryl methyl sites for hydroxylation is 1. The van der Waals surface area contributed by atoms with Crippen molar-refractivity contribution in [2.75, 3.05) is 37.9 Å². The normalized spacial score (nSPS) is 15.5. The average Bonchev–Trinajstić information content (AvgIpc) is 3.06. The molecule has 0 amide bonds. The molecule has 0 bridgehead atoms. The molecule has 0 unspecified atom stereocenters. The van der Waals surface area contributed by atoms with Gasteiger partial charge in [0.2, 0.25) is 0 Å². The maximum atomic E-state index is 11.5. The molecule has 0 spiro atoms. The Kier molecular flexibility index (Phi) is 5.65. The van der Waals surface area contributed by atoms with E-state index in [1.165, 1.54) is 45.8 Å². The number of anilines is 2. The van der Waals surface area contributed by atoms with Gasteiger partial charge in [-0.1, -0.05) is 18.2 Å². The maximum Gasteiger partial charge on any atom is 0.337 e. The molecule has 1 atom stereocenters. The van der Waals surface area contributed by atoms with Crippen LogP contribution < -0.4 is 10.2 Å². The van der Waals surface area contributed by atoms with Crippen molar-refractivity contribution >= 4 is 17.3 Å². The molecule has 4 rings (SSSR count). The van der Waals surface area contributed by atoms with Gasteiger partial charge < -0.3 is 15.3 Å². The number of carbonyl (C=O) groups is 1. The van der Waals surface area contributed by atoms with E-state index in [0.717, 1.165) is 6.54 Å². The van der Waals surface area contributed by atoms with Gasteiger partial charge >= 0.3 is 5.97 Å². The van der Waals surface area contributed by atoms with E-state index in [4.69, 9.17) is 0 Å². The highest BCUT2D eigenvalue weighted by atomic mass is 16.4. The van der Waals surface area contributed by atoms with E-state index in [9.17, 15) is 9.90 Å². The molecule has 3 aromatic rings. The Morgan fingerprint density at radius 1 is 1.23 bits per heavy atom. The molecule has 0 saturated heterocycles. The van der Waals surface area contributed by atoms with E-state index in [1.54, 1.807) is 6.20 Å². The van der Waals surface area contributed by atoms with Gasteiger partial charge in [-0.25, -0.2) is 4.79 Å². The summed E-state index contributed by atoms with van der Waals surface area (Å²) in [4.78, 5) is 19.9. The van der Waals surface area contributed by atoms with E-state index in [2.05, 4.69) is 84.6 Å². The molecule has 0 radical (unpaired) electrons. The molecule has 1 aliphatic heterocycles. The number of nitrogens with zero attached hydrogens (tertiary/aromatic N) is 3. The Balaban J connectivity index is 1.57. The van der Waals surface area contributed by atoms with Crippen molar-refractivity contribution < 1.29 is 9.90 Å². The smallest absolute Gasteiger partial charge is 0.337 e. The quantitative estimate of drug-likeness (QED) is 0.620. The summed E-state index contributed by atoms with van der Waals surface area (Å²) < 4.78 is 0.